The molecule has 16 heteroatoms. The van der Waals surface area contributed by atoms with Crippen molar-refractivity contribution in [1.29, 1.82) is 0 Å². The molecule has 0 saturated carbocycles. The number of carboxylic acids is 1. The topological polar surface area (TPSA) is 304 Å². The van der Waals surface area contributed by atoms with Crippen molar-refractivity contribution in [3.05, 3.63) is 29.8 Å². The maximum absolute atomic E-state index is 13.4. The number of hydrogen-bond donors (Lipinski definition) is 10. The lowest BCUT2D eigenvalue weighted by molar-refractivity contribution is -0.142. The van der Waals surface area contributed by atoms with E-state index in [1.54, 1.807) is 0 Å². The van der Waals surface area contributed by atoms with E-state index in [9.17, 15) is 34.2 Å². The molecule has 4 unspecified atom stereocenters. The second-order valence-electron chi connectivity index (χ2n) is 9.40. The Kier molecular flexibility index (Phi) is 15.2. The number of nitrogens with one attached hydrogen (secondary N) is 3. The summed E-state index contributed by atoms with van der Waals surface area (Å²) >= 11 is 0. The number of aliphatic carboxylic acids is 1. The van der Waals surface area contributed by atoms with Gasteiger partial charge in [0.15, 0.2) is 5.96 Å². The van der Waals surface area contributed by atoms with Crippen LogP contribution in [0, 0.1) is 0 Å². The van der Waals surface area contributed by atoms with Crippen LogP contribution in [0.25, 0.3) is 0 Å². The highest BCUT2D eigenvalue weighted by Gasteiger charge is 2.30. The molecule has 0 fully saturated rings. The highest BCUT2D eigenvalue weighted by Crippen LogP contribution is 2.12. The van der Waals surface area contributed by atoms with E-state index in [4.69, 9.17) is 28.7 Å². The molecule has 0 radical (unpaired) electrons. The molecule has 0 saturated heterocycles. The van der Waals surface area contributed by atoms with Gasteiger partial charge in [0.1, 0.15) is 23.9 Å². The van der Waals surface area contributed by atoms with Crippen LogP contribution in [0.5, 0.6) is 5.75 Å². The third-order valence-corrected chi connectivity index (χ3v) is 5.91. The number of aromatic hydroxyl groups is 1. The number of unbranched alkanes of at least 4 members (excludes halogenated alkanes) is 1. The van der Waals surface area contributed by atoms with Crippen molar-refractivity contribution < 1.29 is 34.2 Å². The summed E-state index contributed by atoms with van der Waals surface area (Å²) in [6.07, 6.45) is 0.899. The Bertz CT molecular complexity index is 1060. The number of benzene rings is 1. The number of carbonyl (C=O) groups excluding carboxylic acids is 4. The van der Waals surface area contributed by atoms with E-state index < -0.39 is 60.2 Å². The van der Waals surface area contributed by atoms with Crippen LogP contribution >= 0.6 is 0 Å². The molecule has 0 spiro atoms. The Hall–Kier alpha value is -4.44. The van der Waals surface area contributed by atoms with Gasteiger partial charge < -0.3 is 54.8 Å². The van der Waals surface area contributed by atoms with Crippen LogP contribution in [0.4, 0.5) is 0 Å². The van der Waals surface area contributed by atoms with Gasteiger partial charge in [-0.2, -0.15) is 0 Å². The van der Waals surface area contributed by atoms with Crippen molar-refractivity contribution in [3.63, 3.8) is 0 Å². The van der Waals surface area contributed by atoms with Crippen molar-refractivity contribution in [1.82, 2.24) is 16.0 Å². The van der Waals surface area contributed by atoms with Gasteiger partial charge >= 0.3 is 5.97 Å². The van der Waals surface area contributed by atoms with Crippen molar-refractivity contribution in [2.24, 2.45) is 33.7 Å². The van der Waals surface area contributed by atoms with Crippen LogP contribution in [0.3, 0.4) is 0 Å². The fourth-order valence-corrected chi connectivity index (χ4v) is 3.73. The number of carboxylic acid groups (broad SMARTS) is 1. The molecule has 0 aliphatic heterocycles. The van der Waals surface area contributed by atoms with E-state index in [2.05, 4.69) is 20.9 Å². The first-order chi connectivity index (χ1) is 19.3. The van der Waals surface area contributed by atoms with Gasteiger partial charge in [0, 0.05) is 13.0 Å². The molecule has 1 aromatic carbocycles. The molecule has 0 heterocycles. The zero-order chi connectivity index (χ0) is 30.9. The lowest BCUT2D eigenvalue weighted by atomic mass is 10.0. The lowest BCUT2D eigenvalue weighted by Crippen LogP contribution is -2.57. The fraction of sp³-hybridized carbons (Fsp3) is 0.520. The van der Waals surface area contributed by atoms with Crippen molar-refractivity contribution in [3.8, 4) is 5.75 Å². The molecule has 0 aliphatic carbocycles. The van der Waals surface area contributed by atoms with Gasteiger partial charge in [-0.25, -0.2) is 4.79 Å². The van der Waals surface area contributed by atoms with Gasteiger partial charge in [-0.15, -0.1) is 0 Å². The summed E-state index contributed by atoms with van der Waals surface area (Å²) in [5.74, 6) is -4.57. The van der Waals surface area contributed by atoms with Crippen LogP contribution in [0.2, 0.25) is 0 Å². The Balaban J connectivity index is 3.11. The number of aliphatic imine (C=N–C) groups is 1. The molecule has 1 aromatic rings. The van der Waals surface area contributed by atoms with E-state index in [0.29, 0.717) is 24.9 Å². The smallest absolute Gasteiger partial charge is 0.326 e. The predicted octanol–water partition coefficient (Wildman–Crippen LogP) is -3.14. The molecule has 4 atom stereocenters. The minimum Gasteiger partial charge on any atom is -0.508 e. The molecule has 0 bridgehead atoms. The van der Waals surface area contributed by atoms with Crippen LogP contribution in [0.15, 0.2) is 29.3 Å². The number of rotatable bonds is 19. The summed E-state index contributed by atoms with van der Waals surface area (Å²) < 4.78 is 0. The average molecular weight is 580 g/mol. The van der Waals surface area contributed by atoms with Gasteiger partial charge in [-0.3, -0.25) is 24.2 Å². The minimum atomic E-state index is -1.32. The molecule has 41 heavy (non-hydrogen) atoms. The second kappa shape index (κ2) is 18.0. The summed E-state index contributed by atoms with van der Waals surface area (Å²) in [6, 6.07) is 0.872. The van der Waals surface area contributed by atoms with Gasteiger partial charge in [-0.05, 0) is 56.3 Å². The average Bonchev–Trinajstić information content (AvgIpc) is 2.89. The highest BCUT2D eigenvalue weighted by molar-refractivity contribution is 5.95. The molecule has 0 aliphatic rings. The minimum absolute atomic E-state index is 0.00908. The largest absolute Gasteiger partial charge is 0.508 e. The zero-order valence-electron chi connectivity index (χ0n) is 22.8. The number of amides is 4. The lowest BCUT2D eigenvalue weighted by Gasteiger charge is -2.25. The van der Waals surface area contributed by atoms with E-state index in [0.717, 1.165) is 0 Å². The summed E-state index contributed by atoms with van der Waals surface area (Å²) in [6.45, 7) is 0.497. The van der Waals surface area contributed by atoms with E-state index in [1.807, 2.05) is 0 Å². The second-order valence-corrected chi connectivity index (χ2v) is 9.40. The van der Waals surface area contributed by atoms with Crippen LogP contribution in [-0.4, -0.2) is 83.0 Å². The molecule has 228 valence electrons. The summed E-state index contributed by atoms with van der Waals surface area (Å²) in [5, 5.41) is 26.6. The molecular formula is C25H41N9O7. The molecule has 16 nitrogen and oxygen atoms in total. The fourth-order valence-electron chi connectivity index (χ4n) is 3.73. The number of phenolic OH excluding ortho intramolecular Hbond substituents is 1. The van der Waals surface area contributed by atoms with E-state index in [1.165, 1.54) is 24.3 Å². The number of nitrogens with two attached hydrogens (primary N) is 5. The van der Waals surface area contributed by atoms with Gasteiger partial charge in [0.05, 0.1) is 12.5 Å². The molecule has 15 N–H and O–H groups in total. The number of hydrogen-bond acceptors (Lipinski definition) is 9. The first kappa shape index (κ1) is 34.6. The number of phenols is 1. The summed E-state index contributed by atoms with van der Waals surface area (Å²) in [4.78, 5) is 65.8. The van der Waals surface area contributed by atoms with Crippen molar-refractivity contribution in [2.45, 2.75) is 69.1 Å². The monoisotopic (exact) mass is 579 g/mol. The molecule has 4 amide bonds. The van der Waals surface area contributed by atoms with Crippen LogP contribution in [-0.2, 0) is 30.4 Å². The SMILES string of the molecule is NCCCCC(NC(=O)C(Cc1ccc(O)cc1)NC(=O)C(N)CC(N)=O)C(=O)NC(CCCN=C(N)N)C(=O)O. The third-order valence-electron chi connectivity index (χ3n) is 5.91. The van der Waals surface area contributed by atoms with E-state index in [-0.39, 0.29) is 43.9 Å². The summed E-state index contributed by atoms with van der Waals surface area (Å²) in [7, 11) is 0. The quantitative estimate of drug-likeness (QED) is 0.0443. The van der Waals surface area contributed by atoms with Crippen LogP contribution in [0.1, 0.15) is 44.1 Å². The number of carbonyl (C=O) groups is 5. The normalized spacial score (nSPS) is 13.6. The number of nitrogens with zero attached hydrogens (tertiary/aromatic N) is 1. The van der Waals surface area contributed by atoms with Crippen LogP contribution < -0.4 is 44.6 Å². The number of guanidine groups is 1. The molecule has 1 rings (SSSR count). The third kappa shape index (κ3) is 14.0. The molecular weight excluding hydrogens is 538 g/mol. The van der Waals surface area contributed by atoms with Gasteiger partial charge in [0.2, 0.25) is 23.6 Å². The first-order valence-electron chi connectivity index (χ1n) is 13.0. The maximum atomic E-state index is 13.4. The Morgan fingerprint density at radius 1 is 0.805 bits per heavy atom. The Labute approximate surface area is 237 Å². The Morgan fingerprint density at radius 3 is 1.93 bits per heavy atom. The Morgan fingerprint density at radius 2 is 1.37 bits per heavy atom. The van der Waals surface area contributed by atoms with Crippen molar-refractivity contribution >= 4 is 35.6 Å². The number of primary amides is 1. The van der Waals surface area contributed by atoms with Crippen molar-refractivity contribution in [2.75, 3.05) is 13.1 Å². The van der Waals surface area contributed by atoms with E-state index >= 15 is 0 Å². The standard InChI is InChI=1S/C25H41N9O7/c26-10-2-1-4-17(22(38)33-18(24(40)41)5-3-11-31-25(29)30)32-23(39)19(12-14-6-8-15(35)9-7-14)34-21(37)16(27)13-20(28)36/h6-9,16-19,35H,1-5,10-13,26-27H2,(H2,28,36)(H,32,39)(H,33,38)(H,34,37)(H,40,41)(H4,29,30,31). The summed E-state index contributed by atoms with van der Waals surface area (Å²) in [5.41, 5.74) is 27.5. The van der Waals surface area contributed by atoms with Gasteiger partial charge in [-0.1, -0.05) is 12.1 Å². The predicted molar refractivity (Wildman–Crippen MR) is 150 cm³/mol. The highest BCUT2D eigenvalue weighted by atomic mass is 16.4. The molecule has 0 aromatic heterocycles. The first-order valence-corrected chi connectivity index (χ1v) is 13.0. The maximum Gasteiger partial charge on any atom is 0.326 e. The van der Waals surface area contributed by atoms with Gasteiger partial charge in [0.25, 0.3) is 0 Å². The zero-order valence-corrected chi connectivity index (χ0v) is 22.8.